The summed E-state index contributed by atoms with van der Waals surface area (Å²) in [6, 6.07) is 16.0. The summed E-state index contributed by atoms with van der Waals surface area (Å²) >= 11 is 0. The Hall–Kier alpha value is -3.21. The van der Waals surface area contributed by atoms with Crippen molar-refractivity contribution in [2.75, 3.05) is 30.9 Å². The number of hydrogen-bond donors (Lipinski definition) is 2. The summed E-state index contributed by atoms with van der Waals surface area (Å²) in [7, 11) is 1.90. The zero-order valence-corrected chi connectivity index (χ0v) is 15.9. The van der Waals surface area contributed by atoms with Gasteiger partial charge in [-0.25, -0.2) is 4.79 Å². The van der Waals surface area contributed by atoms with E-state index in [1.165, 1.54) is 5.56 Å². The second kappa shape index (κ2) is 10.1. The Morgan fingerprint density at radius 1 is 0.889 bits per heavy atom. The summed E-state index contributed by atoms with van der Waals surface area (Å²) in [6.45, 7) is 9.60. The zero-order chi connectivity index (χ0) is 19.6. The molecule has 2 rings (SSSR count). The number of allylic oxidation sites excluding steroid dienone is 1. The first-order valence-electron chi connectivity index (χ1n) is 8.75. The van der Waals surface area contributed by atoms with Crippen LogP contribution in [0.3, 0.4) is 0 Å². The van der Waals surface area contributed by atoms with E-state index >= 15 is 0 Å². The lowest BCUT2D eigenvalue weighted by Gasteiger charge is -2.10. The molecule has 0 bridgehead atoms. The molecule has 5 heteroatoms. The molecule has 0 atom stereocenters. The van der Waals surface area contributed by atoms with Gasteiger partial charge in [-0.05, 0) is 54.3 Å². The van der Waals surface area contributed by atoms with Crippen LogP contribution in [0.4, 0.5) is 16.2 Å². The first-order chi connectivity index (χ1) is 13.0. The molecule has 27 heavy (non-hydrogen) atoms. The van der Waals surface area contributed by atoms with E-state index in [9.17, 15) is 4.79 Å². The highest BCUT2D eigenvalue weighted by Crippen LogP contribution is 2.16. The van der Waals surface area contributed by atoms with E-state index in [0.29, 0.717) is 11.4 Å². The summed E-state index contributed by atoms with van der Waals surface area (Å²) in [5, 5.41) is 5.80. The number of ether oxygens (including phenoxy) is 2. The van der Waals surface area contributed by atoms with Crippen LogP contribution < -0.4 is 10.6 Å². The summed E-state index contributed by atoms with van der Waals surface area (Å²) in [4.78, 5) is 11.8. The average molecular weight is 366 g/mol. The molecule has 2 aromatic rings. The van der Waals surface area contributed by atoms with Crippen LogP contribution in [-0.2, 0) is 15.9 Å². The molecule has 0 aliphatic rings. The van der Waals surface area contributed by atoms with E-state index in [4.69, 9.17) is 9.47 Å². The van der Waals surface area contributed by atoms with Gasteiger partial charge in [0, 0.05) is 18.4 Å². The molecule has 0 heterocycles. The predicted octanol–water partition coefficient (Wildman–Crippen LogP) is 4.97. The molecule has 2 N–H and O–H groups in total. The molecule has 0 saturated heterocycles. The Labute approximate surface area is 160 Å². The Morgan fingerprint density at radius 2 is 1.41 bits per heavy atom. The van der Waals surface area contributed by atoms with Crippen LogP contribution in [0, 0.1) is 0 Å². The molecule has 0 spiro atoms. The lowest BCUT2D eigenvalue weighted by Crippen LogP contribution is -2.16. The second-order valence-electron chi connectivity index (χ2n) is 6.13. The zero-order valence-electron chi connectivity index (χ0n) is 15.9. The van der Waals surface area contributed by atoms with Crippen LogP contribution in [0.2, 0.25) is 0 Å². The van der Waals surface area contributed by atoms with Crippen LogP contribution >= 0.6 is 0 Å². The molecule has 0 aromatic heterocycles. The van der Waals surface area contributed by atoms with Crippen molar-refractivity contribution in [1.29, 1.82) is 0 Å². The predicted molar refractivity (Wildman–Crippen MR) is 110 cm³/mol. The van der Waals surface area contributed by atoms with Gasteiger partial charge in [0.1, 0.15) is 19.0 Å². The standard InChI is InChI=1S/C22H26N2O3/c1-16(2)17(3)26-13-14-27-22(25)24-21-11-7-19(8-12-21)15-18-5-9-20(23-4)10-6-18/h5-12,23H,1,3,13-15H2,2,4H3,(H,24,25). The van der Waals surface area contributed by atoms with Crippen molar-refractivity contribution < 1.29 is 14.3 Å². The molecule has 0 aliphatic carbocycles. The number of rotatable bonds is 9. The fraction of sp³-hybridized carbons (Fsp3) is 0.227. The number of carbonyl (C=O) groups excluding carboxylic acids is 1. The summed E-state index contributed by atoms with van der Waals surface area (Å²) in [5.41, 5.74) is 4.91. The van der Waals surface area contributed by atoms with E-state index in [2.05, 4.69) is 48.1 Å². The Balaban J connectivity index is 1.76. The highest BCUT2D eigenvalue weighted by molar-refractivity contribution is 5.84. The quantitative estimate of drug-likeness (QED) is 0.373. The maximum Gasteiger partial charge on any atom is 0.411 e. The van der Waals surface area contributed by atoms with Crippen molar-refractivity contribution in [1.82, 2.24) is 0 Å². The maximum atomic E-state index is 11.8. The van der Waals surface area contributed by atoms with E-state index in [-0.39, 0.29) is 13.2 Å². The minimum Gasteiger partial charge on any atom is -0.490 e. The first kappa shape index (κ1) is 20.1. The topological polar surface area (TPSA) is 59.6 Å². The van der Waals surface area contributed by atoms with Gasteiger partial charge in [-0.15, -0.1) is 0 Å². The van der Waals surface area contributed by atoms with Gasteiger partial charge < -0.3 is 14.8 Å². The minimum absolute atomic E-state index is 0.138. The van der Waals surface area contributed by atoms with Gasteiger partial charge in [-0.2, -0.15) is 0 Å². The molecule has 1 amide bonds. The van der Waals surface area contributed by atoms with Crippen molar-refractivity contribution in [3.8, 4) is 0 Å². The highest BCUT2D eigenvalue weighted by Gasteiger charge is 2.04. The monoisotopic (exact) mass is 366 g/mol. The smallest absolute Gasteiger partial charge is 0.411 e. The summed E-state index contributed by atoms with van der Waals surface area (Å²) < 4.78 is 10.4. The van der Waals surface area contributed by atoms with E-state index < -0.39 is 6.09 Å². The van der Waals surface area contributed by atoms with Crippen molar-refractivity contribution >= 4 is 17.5 Å². The van der Waals surface area contributed by atoms with Crippen molar-refractivity contribution in [3.05, 3.63) is 84.1 Å². The molecule has 0 radical (unpaired) electrons. The third kappa shape index (κ3) is 6.90. The van der Waals surface area contributed by atoms with Gasteiger partial charge in [0.25, 0.3) is 0 Å². The third-order valence-electron chi connectivity index (χ3n) is 3.92. The molecule has 2 aromatic carbocycles. The van der Waals surface area contributed by atoms with Crippen LogP contribution in [-0.4, -0.2) is 26.4 Å². The molecule has 5 nitrogen and oxygen atoms in total. The summed E-state index contributed by atoms with van der Waals surface area (Å²) in [6.07, 6.45) is 0.313. The molecular weight excluding hydrogens is 340 g/mol. The highest BCUT2D eigenvalue weighted by atomic mass is 16.6. The Bertz CT molecular complexity index is 780. The van der Waals surface area contributed by atoms with Crippen LogP contribution in [0.1, 0.15) is 18.1 Å². The minimum atomic E-state index is -0.519. The molecule has 0 saturated carbocycles. The lowest BCUT2D eigenvalue weighted by molar-refractivity contribution is 0.116. The molecular formula is C22H26N2O3. The molecule has 0 aliphatic heterocycles. The fourth-order valence-electron chi connectivity index (χ4n) is 2.31. The van der Waals surface area contributed by atoms with E-state index in [0.717, 1.165) is 23.2 Å². The van der Waals surface area contributed by atoms with Gasteiger partial charge in [0.05, 0.1) is 0 Å². The first-order valence-corrected chi connectivity index (χ1v) is 8.75. The number of anilines is 2. The fourth-order valence-corrected chi connectivity index (χ4v) is 2.31. The molecule has 0 unspecified atom stereocenters. The SMILES string of the molecule is C=C(C)C(=C)OCCOC(=O)Nc1ccc(Cc2ccc(NC)cc2)cc1. The van der Waals surface area contributed by atoms with Gasteiger partial charge in [0.2, 0.25) is 0 Å². The van der Waals surface area contributed by atoms with Crippen molar-refractivity contribution in [3.63, 3.8) is 0 Å². The largest absolute Gasteiger partial charge is 0.490 e. The van der Waals surface area contributed by atoms with Crippen LogP contribution in [0.15, 0.2) is 73.0 Å². The Morgan fingerprint density at radius 3 is 1.93 bits per heavy atom. The van der Waals surface area contributed by atoms with Gasteiger partial charge in [-0.3, -0.25) is 5.32 Å². The van der Waals surface area contributed by atoms with Crippen LogP contribution in [0.25, 0.3) is 0 Å². The van der Waals surface area contributed by atoms with E-state index in [1.807, 2.05) is 31.3 Å². The van der Waals surface area contributed by atoms with Gasteiger partial charge in [0.15, 0.2) is 0 Å². The molecule has 142 valence electrons. The molecule has 0 fully saturated rings. The van der Waals surface area contributed by atoms with Gasteiger partial charge in [-0.1, -0.05) is 37.4 Å². The van der Waals surface area contributed by atoms with Crippen LogP contribution in [0.5, 0.6) is 0 Å². The van der Waals surface area contributed by atoms with E-state index in [1.54, 1.807) is 6.92 Å². The second-order valence-corrected chi connectivity index (χ2v) is 6.13. The normalized spacial score (nSPS) is 10.0. The lowest BCUT2D eigenvalue weighted by atomic mass is 10.0. The third-order valence-corrected chi connectivity index (χ3v) is 3.92. The van der Waals surface area contributed by atoms with Gasteiger partial charge >= 0.3 is 6.09 Å². The number of benzene rings is 2. The number of nitrogens with one attached hydrogen (secondary N) is 2. The Kier molecular flexibility index (Phi) is 7.49. The number of amides is 1. The summed E-state index contributed by atoms with van der Waals surface area (Å²) in [5.74, 6) is 0.496. The average Bonchev–Trinajstić information content (AvgIpc) is 2.67. The maximum absolute atomic E-state index is 11.8. The number of hydrogen-bond acceptors (Lipinski definition) is 4. The van der Waals surface area contributed by atoms with Crippen molar-refractivity contribution in [2.24, 2.45) is 0 Å². The van der Waals surface area contributed by atoms with Crippen molar-refractivity contribution in [2.45, 2.75) is 13.3 Å². The number of carbonyl (C=O) groups is 1.